The monoisotopic (exact) mass is 344 g/mol. The molecule has 1 aliphatic carbocycles. The van der Waals surface area contributed by atoms with Crippen molar-refractivity contribution in [2.24, 2.45) is 0 Å². The summed E-state index contributed by atoms with van der Waals surface area (Å²) in [5.74, 6) is 0.959. The van der Waals surface area contributed by atoms with Crippen LogP contribution in [0.15, 0.2) is 72.8 Å². The summed E-state index contributed by atoms with van der Waals surface area (Å²) in [5.41, 5.74) is 3.76. The molecule has 26 heavy (non-hydrogen) atoms. The smallest absolute Gasteiger partial charge is 0.189 e. The molecule has 0 saturated heterocycles. The number of nitrogens with zero attached hydrogens (tertiary/aromatic N) is 2. The molecule has 4 nitrogen and oxygen atoms in total. The van der Waals surface area contributed by atoms with E-state index >= 15 is 0 Å². The highest BCUT2D eigenvalue weighted by molar-refractivity contribution is 6.15. The Morgan fingerprint density at radius 1 is 1.15 bits per heavy atom. The average molecular weight is 344 g/mol. The number of allylic oxidation sites excluding steroid dienone is 1. The third kappa shape index (κ3) is 3.59. The number of aromatic nitrogens is 2. The molecule has 0 spiro atoms. The Morgan fingerprint density at radius 3 is 2.92 bits per heavy atom. The fraction of sp³-hybridized carbons (Fsp3) is 0.182. The lowest BCUT2D eigenvalue weighted by Crippen LogP contribution is -2.03. The van der Waals surface area contributed by atoms with Crippen molar-refractivity contribution in [3.8, 4) is 5.75 Å². The van der Waals surface area contributed by atoms with Crippen LogP contribution >= 0.6 is 0 Å². The van der Waals surface area contributed by atoms with Gasteiger partial charge in [-0.3, -0.25) is 4.79 Å². The first-order chi connectivity index (χ1) is 12.8. The van der Waals surface area contributed by atoms with Gasteiger partial charge in [-0.1, -0.05) is 36.4 Å². The molecule has 130 valence electrons. The van der Waals surface area contributed by atoms with Gasteiger partial charge in [0, 0.05) is 36.5 Å². The molecule has 2 aromatic carbocycles. The molecule has 1 aliphatic rings. The molecule has 0 saturated carbocycles. The Kier molecular flexibility index (Phi) is 4.65. The topological polar surface area (TPSA) is 44.1 Å². The number of benzene rings is 2. The summed E-state index contributed by atoms with van der Waals surface area (Å²) >= 11 is 0. The van der Waals surface area contributed by atoms with E-state index in [0.29, 0.717) is 13.0 Å². The molecule has 0 amide bonds. The fourth-order valence-electron chi connectivity index (χ4n) is 3.22. The summed E-state index contributed by atoms with van der Waals surface area (Å²) in [6, 6.07) is 15.7. The van der Waals surface area contributed by atoms with Gasteiger partial charge in [0.05, 0.1) is 12.9 Å². The van der Waals surface area contributed by atoms with Gasteiger partial charge in [0.1, 0.15) is 5.75 Å². The summed E-state index contributed by atoms with van der Waals surface area (Å²) in [4.78, 5) is 16.5. The van der Waals surface area contributed by atoms with Crippen LogP contribution in [0, 0.1) is 0 Å². The van der Waals surface area contributed by atoms with Crippen LogP contribution in [0.25, 0.3) is 6.08 Å². The van der Waals surface area contributed by atoms with E-state index in [9.17, 15) is 4.79 Å². The zero-order chi connectivity index (χ0) is 17.8. The SMILES string of the molecule is O=C1C(=Cc2cccc(OCCCn3ccnc3)c2)Cc2ccccc21. The van der Waals surface area contributed by atoms with E-state index in [-0.39, 0.29) is 5.78 Å². The van der Waals surface area contributed by atoms with Gasteiger partial charge in [-0.15, -0.1) is 0 Å². The number of Topliss-reactive ketones (excluding diaryl/α,β-unsaturated/α-hetero) is 1. The van der Waals surface area contributed by atoms with Gasteiger partial charge in [0.2, 0.25) is 0 Å². The van der Waals surface area contributed by atoms with Gasteiger partial charge < -0.3 is 9.30 Å². The zero-order valence-electron chi connectivity index (χ0n) is 14.5. The molecule has 0 bridgehead atoms. The molecule has 3 aromatic rings. The first-order valence-electron chi connectivity index (χ1n) is 8.81. The van der Waals surface area contributed by atoms with Crippen LogP contribution in [0.3, 0.4) is 0 Å². The highest BCUT2D eigenvalue weighted by Crippen LogP contribution is 2.28. The molecule has 0 N–H and O–H groups in total. The molecule has 1 heterocycles. The van der Waals surface area contributed by atoms with E-state index < -0.39 is 0 Å². The van der Waals surface area contributed by atoms with Gasteiger partial charge in [-0.2, -0.15) is 0 Å². The average Bonchev–Trinajstić information content (AvgIpc) is 3.28. The molecule has 0 aliphatic heterocycles. The third-order valence-corrected chi connectivity index (χ3v) is 4.52. The van der Waals surface area contributed by atoms with Crippen LogP contribution in [0.2, 0.25) is 0 Å². The number of hydrogen-bond acceptors (Lipinski definition) is 3. The van der Waals surface area contributed by atoms with Gasteiger partial charge in [-0.05, 0) is 35.8 Å². The maximum atomic E-state index is 12.5. The van der Waals surface area contributed by atoms with E-state index in [1.807, 2.05) is 71.7 Å². The molecule has 4 heteroatoms. The first kappa shape index (κ1) is 16.3. The van der Waals surface area contributed by atoms with Crippen LogP contribution in [0.5, 0.6) is 5.75 Å². The van der Waals surface area contributed by atoms with Crippen molar-refractivity contribution in [2.75, 3.05) is 6.61 Å². The van der Waals surface area contributed by atoms with Gasteiger partial charge in [-0.25, -0.2) is 4.98 Å². The lowest BCUT2D eigenvalue weighted by Gasteiger charge is -2.07. The summed E-state index contributed by atoms with van der Waals surface area (Å²) in [6.45, 7) is 1.53. The maximum absolute atomic E-state index is 12.5. The highest BCUT2D eigenvalue weighted by Gasteiger charge is 2.23. The Labute approximate surface area is 152 Å². The van der Waals surface area contributed by atoms with Gasteiger partial charge in [0.15, 0.2) is 5.78 Å². The lowest BCUT2D eigenvalue weighted by molar-refractivity contribution is 0.104. The minimum atomic E-state index is 0.132. The van der Waals surface area contributed by atoms with Crippen LogP contribution in [-0.2, 0) is 13.0 Å². The molecule has 0 radical (unpaired) electrons. The Bertz CT molecular complexity index is 942. The van der Waals surface area contributed by atoms with Crippen LogP contribution in [-0.4, -0.2) is 21.9 Å². The summed E-state index contributed by atoms with van der Waals surface area (Å²) in [7, 11) is 0. The number of aryl methyl sites for hydroxylation is 1. The molecular weight excluding hydrogens is 324 g/mol. The summed E-state index contributed by atoms with van der Waals surface area (Å²) in [6.07, 6.45) is 9.12. The van der Waals surface area contributed by atoms with Crippen molar-refractivity contribution >= 4 is 11.9 Å². The van der Waals surface area contributed by atoms with Crippen molar-refractivity contribution in [3.63, 3.8) is 0 Å². The fourth-order valence-corrected chi connectivity index (χ4v) is 3.22. The summed E-state index contributed by atoms with van der Waals surface area (Å²) in [5, 5.41) is 0. The Hall–Kier alpha value is -3.14. The Balaban J connectivity index is 1.39. The number of imidazole rings is 1. The predicted octanol–water partition coefficient (Wildman–Crippen LogP) is 4.17. The van der Waals surface area contributed by atoms with Crippen LogP contribution in [0.1, 0.15) is 27.9 Å². The van der Waals surface area contributed by atoms with Crippen molar-refractivity contribution in [1.82, 2.24) is 9.55 Å². The lowest BCUT2D eigenvalue weighted by atomic mass is 10.1. The zero-order valence-corrected chi connectivity index (χ0v) is 14.5. The van der Waals surface area contributed by atoms with Crippen molar-refractivity contribution in [1.29, 1.82) is 0 Å². The van der Waals surface area contributed by atoms with Crippen molar-refractivity contribution in [2.45, 2.75) is 19.4 Å². The molecule has 4 rings (SSSR count). The predicted molar refractivity (Wildman–Crippen MR) is 101 cm³/mol. The second kappa shape index (κ2) is 7.40. The molecular formula is C22H20N2O2. The minimum Gasteiger partial charge on any atom is -0.494 e. The van der Waals surface area contributed by atoms with Crippen LogP contribution in [0.4, 0.5) is 0 Å². The number of fused-ring (bicyclic) bond motifs is 1. The number of carbonyl (C=O) groups is 1. The van der Waals surface area contributed by atoms with E-state index in [4.69, 9.17) is 4.74 Å². The number of ether oxygens (including phenoxy) is 1. The highest BCUT2D eigenvalue weighted by atomic mass is 16.5. The number of carbonyl (C=O) groups excluding carboxylic acids is 1. The van der Waals surface area contributed by atoms with E-state index in [0.717, 1.165) is 41.0 Å². The maximum Gasteiger partial charge on any atom is 0.189 e. The van der Waals surface area contributed by atoms with Gasteiger partial charge >= 0.3 is 0 Å². The number of hydrogen-bond donors (Lipinski definition) is 0. The summed E-state index contributed by atoms with van der Waals surface area (Å²) < 4.78 is 7.89. The minimum absolute atomic E-state index is 0.132. The molecule has 0 fully saturated rings. The quantitative estimate of drug-likeness (QED) is 0.498. The van der Waals surface area contributed by atoms with E-state index in [1.54, 1.807) is 6.20 Å². The second-order valence-corrected chi connectivity index (χ2v) is 6.41. The van der Waals surface area contributed by atoms with Gasteiger partial charge in [0.25, 0.3) is 0 Å². The molecule has 0 unspecified atom stereocenters. The second-order valence-electron chi connectivity index (χ2n) is 6.41. The van der Waals surface area contributed by atoms with Crippen LogP contribution < -0.4 is 4.74 Å². The number of rotatable bonds is 6. The normalized spacial score (nSPS) is 14.6. The third-order valence-electron chi connectivity index (χ3n) is 4.52. The van der Waals surface area contributed by atoms with E-state index in [1.165, 1.54) is 0 Å². The van der Waals surface area contributed by atoms with Crippen molar-refractivity contribution in [3.05, 3.63) is 89.5 Å². The first-order valence-corrected chi connectivity index (χ1v) is 8.81. The van der Waals surface area contributed by atoms with Crippen molar-refractivity contribution < 1.29 is 9.53 Å². The number of ketones is 1. The molecule has 0 atom stereocenters. The Morgan fingerprint density at radius 2 is 2.08 bits per heavy atom. The largest absolute Gasteiger partial charge is 0.494 e. The standard InChI is InChI=1S/C22H20N2O2/c25-22-19(15-18-6-1-2-8-21(18)22)13-17-5-3-7-20(14-17)26-12-4-10-24-11-9-23-16-24/h1-3,5-9,11,13-14,16H,4,10,12,15H2. The van der Waals surface area contributed by atoms with E-state index in [2.05, 4.69) is 4.98 Å². The molecule has 1 aromatic heterocycles.